The summed E-state index contributed by atoms with van der Waals surface area (Å²) in [6.45, 7) is 0. The molecular formula is C28H22N4O2. The monoisotopic (exact) mass is 446 g/mol. The van der Waals surface area contributed by atoms with Gasteiger partial charge in [-0.2, -0.15) is 0 Å². The molecule has 0 atom stereocenters. The fourth-order valence-corrected chi connectivity index (χ4v) is 3.45. The average molecular weight is 447 g/mol. The second-order valence-corrected chi connectivity index (χ2v) is 7.26. The van der Waals surface area contributed by atoms with Gasteiger partial charge in [-0.15, -0.1) is 10.2 Å². The molecule has 34 heavy (non-hydrogen) atoms. The van der Waals surface area contributed by atoms with Crippen molar-refractivity contribution in [2.45, 2.75) is 0 Å². The van der Waals surface area contributed by atoms with E-state index < -0.39 is 0 Å². The number of nitrogens with zero attached hydrogens (tertiary/aromatic N) is 4. The summed E-state index contributed by atoms with van der Waals surface area (Å²) in [6, 6.07) is 37.2. The first kappa shape index (κ1) is 22.4. The molecule has 6 nitrogen and oxygen atoms in total. The summed E-state index contributed by atoms with van der Waals surface area (Å²) in [7, 11) is 0. The number of benzene rings is 4. The first-order valence-electron chi connectivity index (χ1n) is 10.6. The molecule has 0 aromatic heterocycles. The molecule has 0 radical (unpaired) electrons. The predicted molar refractivity (Wildman–Crippen MR) is 135 cm³/mol. The second-order valence-electron chi connectivity index (χ2n) is 7.26. The van der Waals surface area contributed by atoms with Crippen LogP contribution in [0.2, 0.25) is 0 Å². The zero-order valence-corrected chi connectivity index (χ0v) is 18.2. The molecule has 0 spiro atoms. The summed E-state index contributed by atoms with van der Waals surface area (Å²) in [5.41, 5.74) is 4.08. The summed E-state index contributed by atoms with van der Waals surface area (Å²) < 4.78 is 0. The van der Waals surface area contributed by atoms with Gasteiger partial charge in [-0.1, -0.05) is 132 Å². The molecule has 166 valence electrons. The van der Waals surface area contributed by atoms with Crippen molar-refractivity contribution in [3.63, 3.8) is 0 Å². The van der Waals surface area contributed by atoms with E-state index in [1.165, 1.54) is 0 Å². The third-order valence-corrected chi connectivity index (χ3v) is 5.09. The number of rotatable bonds is 7. The highest BCUT2D eigenvalue weighted by atomic mass is 16.4. The Labute approximate surface area is 197 Å². The minimum absolute atomic E-state index is 0.269. The molecular weight excluding hydrogens is 424 g/mol. The first-order chi connectivity index (χ1) is 16.8. The number of hydrogen-bond acceptors (Lipinski definition) is 6. The third kappa shape index (κ3) is 5.14. The van der Waals surface area contributed by atoms with Crippen molar-refractivity contribution in [1.82, 2.24) is 0 Å². The topological polar surface area (TPSA) is 89.9 Å². The van der Waals surface area contributed by atoms with Crippen molar-refractivity contribution in [2.24, 2.45) is 20.5 Å². The number of oxime groups is 2. The molecule has 0 amide bonds. The van der Waals surface area contributed by atoms with Crippen LogP contribution in [-0.4, -0.2) is 33.3 Å². The minimum atomic E-state index is 0.269. The van der Waals surface area contributed by atoms with E-state index in [9.17, 15) is 10.4 Å². The van der Waals surface area contributed by atoms with Crippen LogP contribution in [0.25, 0.3) is 0 Å². The van der Waals surface area contributed by atoms with E-state index in [0.29, 0.717) is 22.6 Å². The molecule has 0 saturated heterocycles. The van der Waals surface area contributed by atoms with Crippen LogP contribution >= 0.6 is 0 Å². The molecule has 4 aromatic rings. The van der Waals surface area contributed by atoms with E-state index in [1.54, 1.807) is 0 Å². The summed E-state index contributed by atoms with van der Waals surface area (Å²) in [5.74, 6) is 0. The average Bonchev–Trinajstić information content (AvgIpc) is 2.92. The lowest BCUT2D eigenvalue weighted by Gasteiger charge is -2.10. The van der Waals surface area contributed by atoms with Gasteiger partial charge in [0, 0.05) is 22.3 Å². The highest BCUT2D eigenvalue weighted by molar-refractivity contribution is 6.55. The Bertz CT molecular complexity index is 1230. The van der Waals surface area contributed by atoms with Gasteiger partial charge in [0.2, 0.25) is 0 Å². The maximum absolute atomic E-state index is 9.92. The molecule has 0 aliphatic rings. The van der Waals surface area contributed by atoms with Crippen LogP contribution in [-0.2, 0) is 0 Å². The van der Waals surface area contributed by atoms with Crippen LogP contribution < -0.4 is 0 Å². The molecule has 0 fully saturated rings. The van der Waals surface area contributed by atoms with Gasteiger partial charge in [-0.05, 0) is 0 Å². The van der Waals surface area contributed by atoms with E-state index in [-0.39, 0.29) is 11.4 Å². The SMILES string of the molecule is O/N=C(/C(=N\N=C(/C(=N/O)c1ccccc1)c1ccccc1)c1ccccc1)c1ccccc1. The van der Waals surface area contributed by atoms with Crippen LogP contribution in [0.3, 0.4) is 0 Å². The fourth-order valence-electron chi connectivity index (χ4n) is 3.45. The molecule has 0 unspecified atom stereocenters. The number of hydrogen-bond donors (Lipinski definition) is 2. The van der Waals surface area contributed by atoms with Crippen molar-refractivity contribution >= 4 is 22.8 Å². The van der Waals surface area contributed by atoms with Crippen molar-refractivity contribution in [1.29, 1.82) is 0 Å². The maximum atomic E-state index is 9.92. The molecule has 6 heteroatoms. The largest absolute Gasteiger partial charge is 0.410 e. The van der Waals surface area contributed by atoms with Crippen LogP contribution in [0.4, 0.5) is 0 Å². The van der Waals surface area contributed by atoms with Gasteiger partial charge >= 0.3 is 0 Å². The molecule has 0 bridgehead atoms. The Morgan fingerprint density at radius 2 is 0.588 bits per heavy atom. The lowest BCUT2D eigenvalue weighted by molar-refractivity contribution is 0.320. The van der Waals surface area contributed by atoms with E-state index >= 15 is 0 Å². The van der Waals surface area contributed by atoms with Gasteiger partial charge in [0.05, 0.1) is 0 Å². The molecule has 0 saturated carbocycles. The molecule has 0 heterocycles. The normalized spacial score (nSPS) is 13.1. The molecule has 4 rings (SSSR count). The lowest BCUT2D eigenvalue weighted by atomic mass is 9.99. The Hall–Kier alpha value is -4.84. The Morgan fingerprint density at radius 3 is 0.824 bits per heavy atom. The van der Waals surface area contributed by atoms with Crippen molar-refractivity contribution in [3.05, 3.63) is 144 Å². The molecule has 0 aliphatic carbocycles. The van der Waals surface area contributed by atoms with Gasteiger partial charge < -0.3 is 10.4 Å². The molecule has 4 aromatic carbocycles. The van der Waals surface area contributed by atoms with E-state index in [1.807, 2.05) is 121 Å². The highest BCUT2D eigenvalue weighted by Gasteiger charge is 2.18. The standard InChI is InChI=1S/C28H22N4O2/c33-31-27(23-17-9-3-10-18-23)25(21-13-5-1-6-14-21)29-30-26(22-15-7-2-8-16-22)28(32-34)24-19-11-4-12-20-24/h1-20,33-34H/b29-25-,30-26-,31-27+,32-28+. The van der Waals surface area contributed by atoms with Gasteiger partial charge in [0.25, 0.3) is 0 Å². The quantitative estimate of drug-likeness (QED) is 0.219. The zero-order chi connectivity index (χ0) is 23.6. The maximum Gasteiger partial charge on any atom is 0.137 e. The van der Waals surface area contributed by atoms with Crippen LogP contribution in [0.5, 0.6) is 0 Å². The summed E-state index contributed by atoms with van der Waals surface area (Å²) in [5, 5.41) is 36.0. The lowest BCUT2D eigenvalue weighted by Crippen LogP contribution is -2.20. The molecule has 2 N–H and O–H groups in total. The highest BCUT2D eigenvalue weighted by Crippen LogP contribution is 2.14. The van der Waals surface area contributed by atoms with Crippen molar-refractivity contribution in [3.8, 4) is 0 Å². The Morgan fingerprint density at radius 1 is 0.353 bits per heavy atom. The Balaban J connectivity index is 1.92. The van der Waals surface area contributed by atoms with Crippen LogP contribution in [0.1, 0.15) is 22.3 Å². The smallest absolute Gasteiger partial charge is 0.137 e. The molecule has 0 aliphatic heterocycles. The van der Waals surface area contributed by atoms with E-state index in [4.69, 9.17) is 0 Å². The van der Waals surface area contributed by atoms with Gasteiger partial charge in [-0.3, -0.25) is 0 Å². The third-order valence-electron chi connectivity index (χ3n) is 5.09. The second kappa shape index (κ2) is 11.2. The van der Waals surface area contributed by atoms with E-state index in [2.05, 4.69) is 20.5 Å². The van der Waals surface area contributed by atoms with Crippen LogP contribution in [0.15, 0.2) is 142 Å². The summed E-state index contributed by atoms with van der Waals surface area (Å²) >= 11 is 0. The van der Waals surface area contributed by atoms with Crippen molar-refractivity contribution < 1.29 is 10.4 Å². The van der Waals surface area contributed by atoms with Gasteiger partial charge in [0.15, 0.2) is 0 Å². The van der Waals surface area contributed by atoms with Gasteiger partial charge in [0.1, 0.15) is 22.8 Å². The van der Waals surface area contributed by atoms with Crippen molar-refractivity contribution in [2.75, 3.05) is 0 Å². The fraction of sp³-hybridized carbons (Fsp3) is 0. The predicted octanol–water partition coefficient (Wildman–Crippen LogP) is 5.64. The zero-order valence-electron chi connectivity index (χ0n) is 18.2. The van der Waals surface area contributed by atoms with Crippen LogP contribution in [0, 0.1) is 0 Å². The van der Waals surface area contributed by atoms with E-state index in [0.717, 1.165) is 11.1 Å². The summed E-state index contributed by atoms with van der Waals surface area (Å²) in [6.07, 6.45) is 0. The summed E-state index contributed by atoms with van der Waals surface area (Å²) in [4.78, 5) is 0. The Kier molecular flexibility index (Phi) is 7.33. The first-order valence-corrected chi connectivity index (χ1v) is 10.6. The minimum Gasteiger partial charge on any atom is -0.410 e. The van der Waals surface area contributed by atoms with Gasteiger partial charge in [-0.25, -0.2) is 0 Å².